The molecule has 0 aliphatic carbocycles. The van der Waals surface area contributed by atoms with Gasteiger partial charge in [0.1, 0.15) is 5.82 Å². The van der Waals surface area contributed by atoms with Crippen LogP contribution in [0.1, 0.15) is 114 Å². The van der Waals surface area contributed by atoms with Crippen molar-refractivity contribution in [3.8, 4) is 0 Å². The Kier molecular flexibility index (Phi) is 11.6. The molecule has 0 unspecified atom stereocenters. The zero-order chi connectivity index (χ0) is 20.7. The highest BCUT2D eigenvalue weighted by Crippen LogP contribution is 2.28. The molecule has 1 aliphatic rings. The lowest BCUT2D eigenvalue weighted by Gasteiger charge is -2.15. The van der Waals surface area contributed by atoms with E-state index < -0.39 is 5.82 Å². The van der Waals surface area contributed by atoms with E-state index in [9.17, 15) is 9.18 Å². The van der Waals surface area contributed by atoms with Crippen LogP contribution in [0.2, 0.25) is 0 Å². The molecule has 162 valence electrons. The van der Waals surface area contributed by atoms with E-state index in [4.69, 9.17) is 4.74 Å². The lowest BCUT2D eigenvalue weighted by molar-refractivity contribution is 0.0987. The van der Waals surface area contributed by atoms with Crippen LogP contribution in [-0.4, -0.2) is 18.3 Å². The van der Waals surface area contributed by atoms with E-state index in [0.717, 1.165) is 12.8 Å². The van der Waals surface area contributed by atoms with Gasteiger partial charge in [0.15, 0.2) is 11.7 Å². The highest BCUT2D eigenvalue weighted by Gasteiger charge is 2.24. The number of carbonyl (C=O) groups is 1. The minimum Gasteiger partial charge on any atom is -0.480 e. The van der Waals surface area contributed by atoms with Crippen molar-refractivity contribution < 1.29 is 13.9 Å². The van der Waals surface area contributed by atoms with E-state index in [1.165, 1.54) is 83.1 Å². The second-order valence-corrected chi connectivity index (χ2v) is 8.18. The van der Waals surface area contributed by atoms with Gasteiger partial charge in [-0.15, -0.1) is 0 Å². The van der Waals surface area contributed by atoms with Crippen molar-refractivity contribution in [2.24, 2.45) is 4.99 Å². The molecule has 2 rings (SSSR count). The average Bonchev–Trinajstić information content (AvgIpc) is 2.70. The summed E-state index contributed by atoms with van der Waals surface area (Å²) in [6.45, 7) is 2.85. The Balaban J connectivity index is 1.44. The van der Waals surface area contributed by atoms with E-state index in [1.54, 1.807) is 12.1 Å². The summed E-state index contributed by atoms with van der Waals surface area (Å²) >= 11 is 0. The van der Waals surface area contributed by atoms with Crippen molar-refractivity contribution in [1.29, 1.82) is 0 Å². The highest BCUT2D eigenvalue weighted by atomic mass is 19.1. The van der Waals surface area contributed by atoms with Crippen LogP contribution in [0.25, 0.3) is 0 Å². The fourth-order valence-electron chi connectivity index (χ4n) is 3.85. The first kappa shape index (κ1) is 23.6. The number of ketones is 1. The standard InChI is InChI=1S/C25H38FNO2/c1-2-3-4-5-6-7-8-9-10-11-12-13-14-15-19-29-24-20-23(28)25-21(26)17-16-18-22(25)27-24/h16-18H,2-15,19-20H2,1H3. The smallest absolute Gasteiger partial charge is 0.196 e. The summed E-state index contributed by atoms with van der Waals surface area (Å²) in [5.41, 5.74) is 0.480. The van der Waals surface area contributed by atoms with Crippen LogP contribution in [-0.2, 0) is 4.74 Å². The summed E-state index contributed by atoms with van der Waals surface area (Å²) in [5, 5.41) is 0. The van der Waals surface area contributed by atoms with Crippen LogP contribution < -0.4 is 0 Å². The van der Waals surface area contributed by atoms with Gasteiger partial charge in [-0.3, -0.25) is 4.79 Å². The predicted molar refractivity (Wildman–Crippen MR) is 119 cm³/mol. The third kappa shape index (κ3) is 9.10. The Labute approximate surface area is 176 Å². The summed E-state index contributed by atoms with van der Waals surface area (Å²) in [4.78, 5) is 16.4. The van der Waals surface area contributed by atoms with Crippen LogP contribution >= 0.6 is 0 Å². The predicted octanol–water partition coefficient (Wildman–Crippen LogP) is 7.94. The number of unbranched alkanes of at least 4 members (excludes halogenated alkanes) is 13. The quantitative estimate of drug-likeness (QED) is 0.279. The fraction of sp³-hybridized carbons (Fsp3) is 0.680. The minimum absolute atomic E-state index is 0.0620. The first-order valence-corrected chi connectivity index (χ1v) is 11.7. The number of aliphatic imine (C=N–C) groups is 1. The van der Waals surface area contributed by atoms with Crippen molar-refractivity contribution in [3.63, 3.8) is 0 Å². The number of fused-ring (bicyclic) bond motifs is 1. The molecule has 0 N–H and O–H groups in total. The summed E-state index contributed by atoms with van der Waals surface area (Å²) in [5.74, 6) is -0.325. The van der Waals surface area contributed by atoms with Gasteiger partial charge < -0.3 is 4.74 Å². The molecule has 1 aromatic rings. The molecule has 0 bridgehead atoms. The van der Waals surface area contributed by atoms with Crippen LogP contribution in [0.4, 0.5) is 10.1 Å². The fourth-order valence-corrected chi connectivity index (χ4v) is 3.85. The summed E-state index contributed by atoms with van der Waals surface area (Å²) < 4.78 is 19.4. The van der Waals surface area contributed by atoms with Gasteiger partial charge in [-0.1, -0.05) is 96.5 Å². The highest BCUT2D eigenvalue weighted by molar-refractivity contribution is 6.13. The summed E-state index contributed by atoms with van der Waals surface area (Å²) in [6.07, 6.45) is 18.6. The second-order valence-electron chi connectivity index (χ2n) is 8.18. The maximum atomic E-state index is 13.7. The van der Waals surface area contributed by atoms with E-state index in [0.29, 0.717) is 18.2 Å². The summed E-state index contributed by atoms with van der Waals surface area (Å²) in [6, 6.07) is 4.53. The Morgan fingerprint density at radius 3 is 2.00 bits per heavy atom. The molecule has 3 nitrogen and oxygen atoms in total. The zero-order valence-corrected chi connectivity index (χ0v) is 18.2. The Morgan fingerprint density at radius 2 is 1.41 bits per heavy atom. The number of hydrogen-bond donors (Lipinski definition) is 0. The van der Waals surface area contributed by atoms with Gasteiger partial charge in [-0.25, -0.2) is 9.38 Å². The maximum absolute atomic E-state index is 13.7. The molecule has 0 radical (unpaired) electrons. The number of Topliss-reactive ketones (excluding diaryl/α,β-unsaturated/α-hetero) is 1. The Bertz CT molecular complexity index is 642. The van der Waals surface area contributed by atoms with Crippen molar-refractivity contribution >= 4 is 17.4 Å². The zero-order valence-electron chi connectivity index (χ0n) is 18.2. The van der Waals surface area contributed by atoms with Gasteiger partial charge in [0.2, 0.25) is 0 Å². The van der Waals surface area contributed by atoms with Gasteiger partial charge >= 0.3 is 0 Å². The topological polar surface area (TPSA) is 38.7 Å². The number of halogens is 1. The molecule has 0 aromatic heterocycles. The Hall–Kier alpha value is -1.71. The molecular weight excluding hydrogens is 365 g/mol. The molecule has 1 aliphatic heterocycles. The first-order chi connectivity index (χ1) is 14.2. The normalized spacial score (nSPS) is 13.3. The van der Waals surface area contributed by atoms with E-state index in [2.05, 4.69) is 11.9 Å². The summed E-state index contributed by atoms with van der Waals surface area (Å²) in [7, 11) is 0. The molecule has 4 heteroatoms. The molecule has 0 amide bonds. The lowest BCUT2D eigenvalue weighted by atomic mass is 10.0. The van der Waals surface area contributed by atoms with Crippen LogP contribution in [0.3, 0.4) is 0 Å². The molecule has 0 spiro atoms. The van der Waals surface area contributed by atoms with Crippen molar-refractivity contribution in [2.45, 2.75) is 103 Å². The number of rotatable bonds is 15. The van der Waals surface area contributed by atoms with Gasteiger partial charge in [0, 0.05) is 0 Å². The van der Waals surface area contributed by atoms with Crippen LogP contribution in [0.5, 0.6) is 0 Å². The molecule has 0 atom stereocenters. The number of nitrogens with zero attached hydrogens (tertiary/aromatic N) is 1. The van der Waals surface area contributed by atoms with Crippen LogP contribution in [0, 0.1) is 5.82 Å². The molecule has 0 fully saturated rings. The van der Waals surface area contributed by atoms with Crippen molar-refractivity contribution in [1.82, 2.24) is 0 Å². The van der Waals surface area contributed by atoms with E-state index in [1.807, 2.05) is 0 Å². The first-order valence-electron chi connectivity index (χ1n) is 11.7. The third-order valence-corrected chi connectivity index (χ3v) is 5.59. The molecule has 0 saturated carbocycles. The van der Waals surface area contributed by atoms with E-state index in [-0.39, 0.29) is 17.8 Å². The van der Waals surface area contributed by atoms with Crippen molar-refractivity contribution in [3.05, 3.63) is 29.6 Å². The number of carbonyl (C=O) groups excluding carboxylic acids is 1. The molecule has 29 heavy (non-hydrogen) atoms. The van der Waals surface area contributed by atoms with Crippen molar-refractivity contribution in [2.75, 3.05) is 6.61 Å². The van der Waals surface area contributed by atoms with Crippen LogP contribution in [0.15, 0.2) is 23.2 Å². The molecule has 1 aromatic carbocycles. The third-order valence-electron chi connectivity index (χ3n) is 5.59. The largest absolute Gasteiger partial charge is 0.480 e. The molecule has 1 heterocycles. The molecule has 0 saturated heterocycles. The van der Waals surface area contributed by atoms with Gasteiger partial charge in [0.25, 0.3) is 0 Å². The maximum Gasteiger partial charge on any atom is 0.196 e. The van der Waals surface area contributed by atoms with Gasteiger partial charge in [-0.05, 0) is 18.6 Å². The number of benzene rings is 1. The van der Waals surface area contributed by atoms with E-state index >= 15 is 0 Å². The van der Waals surface area contributed by atoms with Gasteiger partial charge in [-0.2, -0.15) is 0 Å². The van der Waals surface area contributed by atoms with Gasteiger partial charge in [0.05, 0.1) is 24.3 Å². The average molecular weight is 404 g/mol. The molecular formula is C25H38FNO2. The monoisotopic (exact) mass is 403 g/mol. The Morgan fingerprint density at radius 1 is 0.862 bits per heavy atom. The number of hydrogen-bond acceptors (Lipinski definition) is 3. The second kappa shape index (κ2) is 14.3. The lowest BCUT2D eigenvalue weighted by Crippen LogP contribution is -2.17. The number of ether oxygens (including phenoxy) is 1. The SMILES string of the molecule is CCCCCCCCCCCCCCCCOC1=Nc2cccc(F)c2C(=O)C1. The minimum atomic E-state index is -0.498.